The van der Waals surface area contributed by atoms with Gasteiger partial charge >= 0.3 is 0 Å². The molecule has 4 rings (SSSR count). The van der Waals surface area contributed by atoms with Crippen molar-refractivity contribution in [2.75, 3.05) is 37.7 Å². The van der Waals surface area contributed by atoms with Gasteiger partial charge in [-0.1, -0.05) is 23.5 Å². The van der Waals surface area contributed by atoms with Crippen LogP contribution in [0.15, 0.2) is 35.1 Å². The highest BCUT2D eigenvalue weighted by Crippen LogP contribution is 2.23. The van der Waals surface area contributed by atoms with Gasteiger partial charge in [0.15, 0.2) is 0 Å². The van der Waals surface area contributed by atoms with Gasteiger partial charge in [-0.15, -0.1) is 5.10 Å². The summed E-state index contributed by atoms with van der Waals surface area (Å²) in [4.78, 5) is 21.8. The molecule has 2 aromatic heterocycles. The van der Waals surface area contributed by atoms with Crippen molar-refractivity contribution in [1.82, 2.24) is 19.5 Å². The first-order valence-electron chi connectivity index (χ1n) is 9.19. The van der Waals surface area contributed by atoms with E-state index in [2.05, 4.69) is 32.0 Å². The lowest BCUT2D eigenvalue weighted by atomic mass is 10.2. The third-order valence-corrected chi connectivity index (χ3v) is 5.61. The van der Waals surface area contributed by atoms with Crippen molar-refractivity contribution in [3.8, 4) is 5.75 Å². The van der Waals surface area contributed by atoms with Gasteiger partial charge in [-0.25, -0.2) is 4.98 Å². The molecule has 3 heterocycles. The van der Waals surface area contributed by atoms with Gasteiger partial charge in [0.25, 0.3) is 5.56 Å². The fourth-order valence-corrected chi connectivity index (χ4v) is 4.26. The molecule has 1 fully saturated rings. The quantitative estimate of drug-likeness (QED) is 0.671. The number of ether oxygens (including phenoxy) is 1. The van der Waals surface area contributed by atoms with E-state index in [0.717, 1.165) is 49.3 Å². The molecule has 0 amide bonds. The van der Waals surface area contributed by atoms with Gasteiger partial charge in [-0.05, 0) is 31.5 Å². The molecule has 0 bridgehead atoms. The van der Waals surface area contributed by atoms with Gasteiger partial charge in [-0.3, -0.25) is 9.69 Å². The lowest BCUT2D eigenvalue weighted by Gasteiger charge is -2.34. The van der Waals surface area contributed by atoms with E-state index >= 15 is 0 Å². The number of hydrogen-bond donors (Lipinski definition) is 0. The van der Waals surface area contributed by atoms with Crippen LogP contribution < -0.4 is 15.2 Å². The van der Waals surface area contributed by atoms with E-state index in [0.29, 0.717) is 11.6 Å². The first-order valence-corrected chi connectivity index (χ1v) is 10.0. The minimum atomic E-state index is -0.117. The number of aromatic nitrogens is 3. The molecule has 8 heteroatoms. The molecule has 3 aromatic rings. The van der Waals surface area contributed by atoms with E-state index in [1.807, 2.05) is 26.0 Å². The van der Waals surface area contributed by atoms with Crippen LogP contribution in [0.5, 0.6) is 5.75 Å². The Morgan fingerprint density at radius 3 is 2.59 bits per heavy atom. The Morgan fingerprint density at radius 1 is 1.15 bits per heavy atom. The summed E-state index contributed by atoms with van der Waals surface area (Å²) in [5.74, 6) is 0.918. The van der Waals surface area contributed by atoms with Crippen LogP contribution in [0.1, 0.15) is 18.2 Å². The third-order valence-electron chi connectivity index (χ3n) is 4.65. The standard InChI is InChI=1S/C19H23N5O2S/c1-3-26-16-6-4-15(5-7-16)13-22-8-10-23(11-9-22)19-21-24-17(25)12-14(2)20-18(24)27-19/h4-7,12H,3,8-11,13H2,1-2H3. The summed E-state index contributed by atoms with van der Waals surface area (Å²) >= 11 is 1.48. The van der Waals surface area contributed by atoms with Crippen LogP contribution in [0.3, 0.4) is 0 Å². The number of piperazine rings is 1. The number of benzene rings is 1. The first kappa shape index (κ1) is 17.9. The minimum Gasteiger partial charge on any atom is -0.494 e. The second-order valence-electron chi connectivity index (χ2n) is 6.65. The summed E-state index contributed by atoms with van der Waals surface area (Å²) in [5.41, 5.74) is 1.91. The van der Waals surface area contributed by atoms with Gasteiger partial charge in [0.1, 0.15) is 5.75 Å². The lowest BCUT2D eigenvalue weighted by molar-refractivity contribution is 0.249. The van der Waals surface area contributed by atoms with Crippen LogP contribution in [0.25, 0.3) is 4.96 Å². The summed E-state index contributed by atoms with van der Waals surface area (Å²) in [6.07, 6.45) is 0. The van der Waals surface area contributed by atoms with Gasteiger partial charge in [-0.2, -0.15) is 4.52 Å². The molecule has 0 radical (unpaired) electrons. The SMILES string of the molecule is CCOc1ccc(CN2CCN(c3nn4c(=O)cc(C)nc4s3)CC2)cc1. The van der Waals surface area contributed by atoms with Crippen molar-refractivity contribution < 1.29 is 4.74 Å². The van der Waals surface area contributed by atoms with Crippen LogP contribution in [0.2, 0.25) is 0 Å². The molecule has 0 spiro atoms. The van der Waals surface area contributed by atoms with Crippen molar-refractivity contribution >= 4 is 21.4 Å². The molecule has 0 unspecified atom stereocenters. The van der Waals surface area contributed by atoms with Gasteiger partial charge in [0.2, 0.25) is 10.1 Å². The smallest absolute Gasteiger partial charge is 0.275 e. The number of anilines is 1. The highest BCUT2D eigenvalue weighted by molar-refractivity contribution is 7.20. The number of fused-ring (bicyclic) bond motifs is 1. The maximum absolute atomic E-state index is 12.0. The van der Waals surface area contributed by atoms with Crippen LogP contribution in [0, 0.1) is 6.92 Å². The monoisotopic (exact) mass is 385 g/mol. The van der Waals surface area contributed by atoms with Gasteiger partial charge in [0, 0.05) is 44.5 Å². The van der Waals surface area contributed by atoms with Crippen LogP contribution in [0.4, 0.5) is 5.13 Å². The Hall–Kier alpha value is -2.45. The third kappa shape index (κ3) is 3.96. The highest BCUT2D eigenvalue weighted by Gasteiger charge is 2.21. The summed E-state index contributed by atoms with van der Waals surface area (Å²) < 4.78 is 6.90. The van der Waals surface area contributed by atoms with Crippen molar-refractivity contribution in [1.29, 1.82) is 0 Å². The molecule has 1 aliphatic heterocycles. The van der Waals surface area contributed by atoms with Gasteiger partial charge < -0.3 is 9.64 Å². The van der Waals surface area contributed by atoms with Crippen LogP contribution >= 0.6 is 11.3 Å². The largest absolute Gasteiger partial charge is 0.494 e. The normalized spacial score (nSPS) is 15.4. The first-order chi connectivity index (χ1) is 13.1. The second kappa shape index (κ2) is 7.66. The number of hydrogen-bond acceptors (Lipinski definition) is 7. The molecule has 0 N–H and O–H groups in total. The predicted molar refractivity (Wildman–Crippen MR) is 107 cm³/mol. The predicted octanol–water partition coefficient (Wildman–Crippen LogP) is 2.18. The van der Waals surface area contributed by atoms with Crippen molar-refractivity contribution in [3.05, 3.63) is 51.9 Å². The molecule has 0 atom stereocenters. The van der Waals surface area contributed by atoms with Crippen molar-refractivity contribution in [2.24, 2.45) is 0 Å². The molecule has 1 aromatic carbocycles. The van der Waals surface area contributed by atoms with E-state index in [1.54, 1.807) is 0 Å². The number of nitrogens with zero attached hydrogens (tertiary/aromatic N) is 5. The maximum Gasteiger partial charge on any atom is 0.275 e. The van der Waals surface area contributed by atoms with Crippen LogP contribution in [-0.4, -0.2) is 52.3 Å². The maximum atomic E-state index is 12.0. The molecular weight excluding hydrogens is 362 g/mol. The Labute approximate surface area is 161 Å². The van der Waals surface area contributed by atoms with Crippen molar-refractivity contribution in [3.63, 3.8) is 0 Å². The highest BCUT2D eigenvalue weighted by atomic mass is 32.1. The Bertz CT molecular complexity index is 974. The fourth-order valence-electron chi connectivity index (χ4n) is 3.25. The summed E-state index contributed by atoms with van der Waals surface area (Å²) in [6.45, 7) is 9.16. The Kier molecular flexibility index (Phi) is 5.09. The summed E-state index contributed by atoms with van der Waals surface area (Å²) in [6, 6.07) is 9.84. The molecule has 142 valence electrons. The van der Waals surface area contributed by atoms with E-state index in [9.17, 15) is 4.79 Å². The summed E-state index contributed by atoms with van der Waals surface area (Å²) in [7, 11) is 0. The molecule has 0 aliphatic carbocycles. The number of aryl methyl sites for hydroxylation is 1. The number of rotatable bonds is 5. The zero-order chi connectivity index (χ0) is 18.8. The topological polar surface area (TPSA) is 63.0 Å². The lowest BCUT2D eigenvalue weighted by Crippen LogP contribution is -2.46. The molecule has 1 saturated heterocycles. The molecule has 7 nitrogen and oxygen atoms in total. The minimum absolute atomic E-state index is 0.117. The van der Waals surface area contributed by atoms with E-state index in [1.165, 1.54) is 27.5 Å². The van der Waals surface area contributed by atoms with E-state index < -0.39 is 0 Å². The molecular formula is C19H23N5O2S. The summed E-state index contributed by atoms with van der Waals surface area (Å²) in [5, 5.41) is 5.33. The fraction of sp³-hybridized carbons (Fsp3) is 0.421. The van der Waals surface area contributed by atoms with Gasteiger partial charge in [0.05, 0.1) is 6.61 Å². The average Bonchev–Trinajstić information content (AvgIpc) is 3.08. The Balaban J connectivity index is 1.38. The van der Waals surface area contributed by atoms with Crippen LogP contribution in [-0.2, 0) is 6.54 Å². The van der Waals surface area contributed by atoms with E-state index in [4.69, 9.17) is 4.74 Å². The zero-order valence-corrected chi connectivity index (χ0v) is 16.4. The Morgan fingerprint density at radius 2 is 1.89 bits per heavy atom. The molecule has 0 saturated carbocycles. The second-order valence-corrected chi connectivity index (χ2v) is 7.59. The molecule has 1 aliphatic rings. The molecule has 27 heavy (non-hydrogen) atoms. The van der Waals surface area contributed by atoms with Crippen molar-refractivity contribution in [2.45, 2.75) is 20.4 Å². The van der Waals surface area contributed by atoms with E-state index in [-0.39, 0.29) is 5.56 Å². The average molecular weight is 385 g/mol. The zero-order valence-electron chi connectivity index (χ0n) is 15.6.